The van der Waals surface area contributed by atoms with E-state index in [4.69, 9.17) is 0 Å². The molecule has 2 fully saturated rings. The highest BCUT2D eigenvalue weighted by Crippen LogP contribution is 2.60. The molecule has 34 heavy (non-hydrogen) atoms. The average molecular weight is 443 g/mol. The largest absolute Gasteiger partial charge is 0.361 e. The molecule has 2 heteroatoms. The molecule has 5 atom stereocenters. The molecule has 0 N–H and O–H groups in total. The van der Waals surface area contributed by atoms with Gasteiger partial charge in [-0.05, 0) is 54.2 Å². The van der Waals surface area contributed by atoms with E-state index in [0.29, 0.717) is 30.1 Å². The molecule has 3 aliphatic rings. The number of fused-ring (bicyclic) bond motifs is 6. The maximum absolute atomic E-state index is 2.79. The summed E-state index contributed by atoms with van der Waals surface area (Å²) in [5, 5.41) is 0. The van der Waals surface area contributed by atoms with Gasteiger partial charge in [0.2, 0.25) is 0 Å². The minimum Gasteiger partial charge on any atom is -0.361 e. The lowest BCUT2D eigenvalue weighted by Gasteiger charge is -2.46. The van der Waals surface area contributed by atoms with Crippen molar-refractivity contribution in [2.75, 3.05) is 9.80 Å². The van der Waals surface area contributed by atoms with Gasteiger partial charge in [-0.1, -0.05) is 97.1 Å². The van der Waals surface area contributed by atoms with E-state index in [-0.39, 0.29) is 0 Å². The van der Waals surface area contributed by atoms with Crippen molar-refractivity contribution in [3.8, 4) is 0 Å². The molecule has 4 aromatic rings. The van der Waals surface area contributed by atoms with Gasteiger partial charge in [-0.2, -0.15) is 0 Å². The summed E-state index contributed by atoms with van der Waals surface area (Å²) in [6.07, 6.45) is 3.69. The summed E-state index contributed by atoms with van der Waals surface area (Å²) in [5.41, 5.74) is 7.16. The predicted octanol–water partition coefficient (Wildman–Crippen LogP) is 7.72. The third kappa shape index (κ3) is 3.01. The van der Waals surface area contributed by atoms with Gasteiger partial charge in [-0.25, -0.2) is 0 Å². The van der Waals surface area contributed by atoms with Crippen molar-refractivity contribution in [3.63, 3.8) is 0 Å². The molecular weight excluding hydrogens is 412 g/mol. The van der Waals surface area contributed by atoms with Gasteiger partial charge in [0.1, 0.15) is 0 Å². The second-order valence-corrected chi connectivity index (χ2v) is 10.1. The summed E-state index contributed by atoms with van der Waals surface area (Å²) in [6.45, 7) is 0. The average Bonchev–Trinajstić information content (AvgIpc) is 3.53. The number of hydrogen-bond acceptors (Lipinski definition) is 2. The number of nitrogens with zero attached hydrogens (tertiary/aromatic N) is 2. The van der Waals surface area contributed by atoms with Crippen molar-refractivity contribution in [1.82, 2.24) is 0 Å². The molecule has 0 spiro atoms. The van der Waals surface area contributed by atoms with E-state index in [9.17, 15) is 0 Å². The molecule has 3 heterocycles. The van der Waals surface area contributed by atoms with Crippen molar-refractivity contribution < 1.29 is 0 Å². The lowest BCUT2D eigenvalue weighted by molar-refractivity contribution is 0.366. The second-order valence-electron chi connectivity index (χ2n) is 10.1. The molecule has 2 saturated heterocycles. The molecule has 168 valence electrons. The van der Waals surface area contributed by atoms with E-state index in [2.05, 4.69) is 125 Å². The standard InChI is InChI=1S/C32H30N2/c1-4-12-23(13-5-1)28-20-21-30-27-22-31(24-14-6-2-7-15-24)33(25-16-8-3-9-17-25)32(27)26-18-10-11-19-29(26)34(28)30/h1-19,27-28,30-32H,20-22H2/t27-,28+,30+,31-,32+/m0/s1. The van der Waals surface area contributed by atoms with Crippen molar-refractivity contribution in [2.45, 2.75) is 43.4 Å². The molecule has 4 aromatic carbocycles. The third-order valence-corrected chi connectivity index (χ3v) is 8.42. The van der Waals surface area contributed by atoms with Gasteiger partial charge in [-0.15, -0.1) is 0 Å². The Balaban J connectivity index is 1.39. The zero-order valence-corrected chi connectivity index (χ0v) is 19.4. The Morgan fingerprint density at radius 2 is 1.12 bits per heavy atom. The number of para-hydroxylation sites is 2. The molecule has 0 bridgehead atoms. The number of rotatable bonds is 3. The van der Waals surface area contributed by atoms with Gasteiger partial charge >= 0.3 is 0 Å². The van der Waals surface area contributed by atoms with Gasteiger partial charge in [-0.3, -0.25) is 0 Å². The molecule has 0 aliphatic carbocycles. The Labute approximate surface area is 202 Å². The lowest BCUT2D eigenvalue weighted by atomic mass is 9.81. The van der Waals surface area contributed by atoms with Gasteiger partial charge in [0, 0.05) is 23.3 Å². The smallest absolute Gasteiger partial charge is 0.0617 e. The Morgan fingerprint density at radius 3 is 1.82 bits per heavy atom. The normalized spacial score (nSPS) is 27.2. The van der Waals surface area contributed by atoms with E-state index >= 15 is 0 Å². The SMILES string of the molecule is c1ccc([C@H]2CC[C@@H]3[C@@H]4C[C@@H](c5ccccc5)N(c5ccccc5)[C@@H]4c4ccccc4N23)cc1. The van der Waals surface area contributed by atoms with Gasteiger partial charge in [0.25, 0.3) is 0 Å². The molecular formula is C32H30N2. The van der Waals surface area contributed by atoms with Crippen LogP contribution in [0.25, 0.3) is 0 Å². The highest BCUT2D eigenvalue weighted by molar-refractivity contribution is 5.66. The minimum absolute atomic E-state index is 0.391. The van der Waals surface area contributed by atoms with Gasteiger partial charge < -0.3 is 9.80 Å². The summed E-state index contributed by atoms with van der Waals surface area (Å²) >= 11 is 0. The summed E-state index contributed by atoms with van der Waals surface area (Å²) in [6, 6.07) is 44.5. The van der Waals surface area contributed by atoms with Crippen LogP contribution in [0.5, 0.6) is 0 Å². The lowest BCUT2D eigenvalue weighted by Crippen LogP contribution is -2.45. The molecule has 0 saturated carbocycles. The fraction of sp³-hybridized carbons (Fsp3) is 0.250. The highest BCUT2D eigenvalue weighted by Gasteiger charge is 2.54. The molecule has 2 nitrogen and oxygen atoms in total. The number of anilines is 2. The monoisotopic (exact) mass is 442 g/mol. The first kappa shape index (κ1) is 19.9. The van der Waals surface area contributed by atoms with Crippen LogP contribution in [-0.4, -0.2) is 6.04 Å². The summed E-state index contributed by atoms with van der Waals surface area (Å²) < 4.78 is 0. The van der Waals surface area contributed by atoms with Crippen molar-refractivity contribution in [1.29, 1.82) is 0 Å². The first-order valence-corrected chi connectivity index (χ1v) is 12.7. The maximum atomic E-state index is 2.79. The van der Waals surface area contributed by atoms with Crippen LogP contribution in [0.3, 0.4) is 0 Å². The van der Waals surface area contributed by atoms with Gasteiger partial charge in [0.15, 0.2) is 0 Å². The predicted molar refractivity (Wildman–Crippen MR) is 140 cm³/mol. The van der Waals surface area contributed by atoms with Crippen LogP contribution in [0.15, 0.2) is 115 Å². The van der Waals surface area contributed by atoms with E-state index in [1.165, 1.54) is 47.3 Å². The molecule has 0 radical (unpaired) electrons. The van der Waals surface area contributed by atoms with Crippen LogP contribution in [-0.2, 0) is 0 Å². The summed E-state index contributed by atoms with van der Waals surface area (Å²) in [7, 11) is 0. The topological polar surface area (TPSA) is 6.48 Å². The Kier molecular flexibility index (Phi) is 4.72. The van der Waals surface area contributed by atoms with E-state index in [1.807, 2.05) is 0 Å². The first-order valence-electron chi connectivity index (χ1n) is 12.7. The highest BCUT2D eigenvalue weighted by atomic mass is 15.3. The molecule has 7 rings (SSSR count). The molecule has 3 aliphatic heterocycles. The van der Waals surface area contributed by atoms with Crippen molar-refractivity contribution in [3.05, 3.63) is 132 Å². The Morgan fingerprint density at radius 1 is 0.529 bits per heavy atom. The van der Waals surface area contributed by atoms with Crippen LogP contribution >= 0.6 is 0 Å². The van der Waals surface area contributed by atoms with E-state index in [0.717, 1.165) is 0 Å². The molecule has 0 unspecified atom stereocenters. The minimum atomic E-state index is 0.391. The van der Waals surface area contributed by atoms with E-state index in [1.54, 1.807) is 0 Å². The fourth-order valence-corrected chi connectivity index (χ4v) is 7.14. The van der Waals surface area contributed by atoms with Crippen LogP contribution in [0, 0.1) is 5.92 Å². The van der Waals surface area contributed by atoms with Crippen molar-refractivity contribution >= 4 is 11.4 Å². The first-order chi connectivity index (χ1) is 16.9. The quantitative estimate of drug-likeness (QED) is 0.320. The summed E-state index contributed by atoms with van der Waals surface area (Å²) in [4.78, 5) is 5.54. The zero-order valence-electron chi connectivity index (χ0n) is 19.4. The zero-order chi connectivity index (χ0) is 22.5. The Bertz CT molecular complexity index is 1270. The van der Waals surface area contributed by atoms with Crippen LogP contribution in [0.1, 0.15) is 54.1 Å². The molecule has 0 amide bonds. The Hall–Kier alpha value is -3.52. The third-order valence-electron chi connectivity index (χ3n) is 8.42. The van der Waals surface area contributed by atoms with E-state index < -0.39 is 0 Å². The van der Waals surface area contributed by atoms with Crippen LogP contribution < -0.4 is 9.80 Å². The van der Waals surface area contributed by atoms with Crippen LogP contribution in [0.2, 0.25) is 0 Å². The fourth-order valence-electron chi connectivity index (χ4n) is 7.14. The maximum Gasteiger partial charge on any atom is 0.0617 e. The second kappa shape index (κ2) is 8.06. The van der Waals surface area contributed by atoms with Crippen LogP contribution in [0.4, 0.5) is 11.4 Å². The molecule has 0 aromatic heterocycles. The summed E-state index contributed by atoms with van der Waals surface area (Å²) in [5.74, 6) is 0.606. The van der Waals surface area contributed by atoms with Crippen molar-refractivity contribution in [2.24, 2.45) is 5.92 Å². The number of benzene rings is 4. The van der Waals surface area contributed by atoms with Gasteiger partial charge in [0.05, 0.1) is 18.1 Å². The number of hydrogen-bond donors (Lipinski definition) is 0.